The zero-order valence-corrected chi connectivity index (χ0v) is 10.9. The zero-order valence-electron chi connectivity index (χ0n) is 10.9. The second kappa shape index (κ2) is 5.39. The Hall–Kier alpha value is -1.56. The molecule has 1 saturated carbocycles. The van der Waals surface area contributed by atoms with Gasteiger partial charge in [-0.3, -0.25) is 0 Å². The lowest BCUT2D eigenvalue weighted by Crippen LogP contribution is -2.30. The van der Waals surface area contributed by atoms with Gasteiger partial charge in [0, 0.05) is 11.7 Å². The van der Waals surface area contributed by atoms with E-state index in [1.54, 1.807) is 6.07 Å². The summed E-state index contributed by atoms with van der Waals surface area (Å²) in [4.78, 5) is 0. The van der Waals surface area contributed by atoms with E-state index in [9.17, 15) is 4.39 Å². The van der Waals surface area contributed by atoms with Crippen molar-refractivity contribution >= 4 is 5.69 Å². The average molecular weight is 246 g/mol. The highest BCUT2D eigenvalue weighted by atomic mass is 19.1. The summed E-state index contributed by atoms with van der Waals surface area (Å²) in [6, 6.07) is 6.81. The summed E-state index contributed by atoms with van der Waals surface area (Å²) in [6.07, 6.45) is 3.43. The fourth-order valence-corrected chi connectivity index (χ4v) is 2.65. The van der Waals surface area contributed by atoms with E-state index in [0.29, 0.717) is 17.5 Å². The molecule has 96 valence electrons. The van der Waals surface area contributed by atoms with Crippen LogP contribution in [0.5, 0.6) is 0 Å². The first kappa shape index (κ1) is 12.9. The van der Waals surface area contributed by atoms with Gasteiger partial charge in [0.25, 0.3) is 0 Å². The van der Waals surface area contributed by atoms with Gasteiger partial charge in [0.15, 0.2) is 0 Å². The lowest BCUT2D eigenvalue weighted by Gasteiger charge is -2.33. The Bertz CT molecular complexity index is 464. The van der Waals surface area contributed by atoms with Gasteiger partial charge in [-0.15, -0.1) is 0 Å². The van der Waals surface area contributed by atoms with Crippen molar-refractivity contribution in [3.63, 3.8) is 0 Å². The Morgan fingerprint density at radius 2 is 2.00 bits per heavy atom. The van der Waals surface area contributed by atoms with Gasteiger partial charge in [0.05, 0.1) is 11.6 Å². The molecule has 0 heterocycles. The number of hydrogen-bond donors (Lipinski definition) is 1. The van der Waals surface area contributed by atoms with Gasteiger partial charge < -0.3 is 5.32 Å². The van der Waals surface area contributed by atoms with Crippen LogP contribution in [0.3, 0.4) is 0 Å². The molecule has 2 nitrogen and oxygen atoms in total. The zero-order chi connectivity index (χ0) is 13.1. The highest BCUT2D eigenvalue weighted by Gasteiger charge is 2.24. The normalized spacial score (nSPS) is 27.6. The van der Waals surface area contributed by atoms with Gasteiger partial charge >= 0.3 is 0 Å². The monoisotopic (exact) mass is 246 g/mol. The first-order valence-corrected chi connectivity index (χ1v) is 6.55. The summed E-state index contributed by atoms with van der Waals surface area (Å²) in [5.74, 6) is 1.11. The minimum Gasteiger partial charge on any atom is -0.382 e. The molecule has 0 aromatic heterocycles. The molecule has 0 bridgehead atoms. The molecular formula is C15H19FN2. The van der Waals surface area contributed by atoms with Crippen molar-refractivity contribution in [2.75, 3.05) is 5.32 Å². The maximum atomic E-state index is 13.3. The lowest BCUT2D eigenvalue weighted by molar-refractivity contribution is 0.261. The topological polar surface area (TPSA) is 35.8 Å². The maximum Gasteiger partial charge on any atom is 0.126 e. The molecule has 1 N–H and O–H groups in total. The van der Waals surface area contributed by atoms with E-state index in [4.69, 9.17) is 5.26 Å². The van der Waals surface area contributed by atoms with Gasteiger partial charge in [0.2, 0.25) is 0 Å². The molecule has 1 fully saturated rings. The quantitative estimate of drug-likeness (QED) is 0.858. The van der Waals surface area contributed by atoms with E-state index >= 15 is 0 Å². The fraction of sp³-hybridized carbons (Fsp3) is 0.533. The van der Waals surface area contributed by atoms with Gasteiger partial charge in [0.1, 0.15) is 5.82 Å². The largest absolute Gasteiger partial charge is 0.382 e. The number of rotatable bonds is 2. The van der Waals surface area contributed by atoms with E-state index < -0.39 is 0 Å². The van der Waals surface area contributed by atoms with E-state index in [2.05, 4.69) is 19.2 Å². The van der Waals surface area contributed by atoms with Crippen molar-refractivity contribution in [2.45, 2.75) is 39.2 Å². The van der Waals surface area contributed by atoms with Crippen LogP contribution >= 0.6 is 0 Å². The molecule has 0 amide bonds. The number of nitriles is 1. The fourth-order valence-electron chi connectivity index (χ4n) is 2.65. The summed E-state index contributed by atoms with van der Waals surface area (Å²) in [6.45, 7) is 4.56. The predicted molar refractivity (Wildman–Crippen MR) is 70.7 cm³/mol. The van der Waals surface area contributed by atoms with Gasteiger partial charge in [-0.1, -0.05) is 13.8 Å². The number of nitrogens with one attached hydrogen (secondary N) is 1. The van der Waals surface area contributed by atoms with Gasteiger partial charge in [-0.05, 0) is 49.3 Å². The molecule has 3 heteroatoms. The third-order valence-electron chi connectivity index (χ3n) is 4.00. The van der Waals surface area contributed by atoms with Crippen LogP contribution in [0, 0.1) is 29.0 Å². The van der Waals surface area contributed by atoms with E-state index in [0.717, 1.165) is 24.4 Å². The second-order valence-corrected chi connectivity index (χ2v) is 5.45. The minimum atomic E-state index is -0.353. The minimum absolute atomic E-state index is 0.353. The van der Waals surface area contributed by atoms with Gasteiger partial charge in [-0.2, -0.15) is 5.26 Å². The third kappa shape index (κ3) is 3.01. The smallest absolute Gasteiger partial charge is 0.126 e. The van der Waals surface area contributed by atoms with Crippen LogP contribution in [0.4, 0.5) is 10.1 Å². The summed E-state index contributed by atoms with van der Waals surface area (Å²) in [7, 11) is 0. The third-order valence-corrected chi connectivity index (χ3v) is 4.00. The Morgan fingerprint density at radius 1 is 1.22 bits per heavy atom. The predicted octanol–water partition coefficient (Wildman–Crippen LogP) is 3.93. The highest BCUT2D eigenvalue weighted by Crippen LogP contribution is 2.31. The van der Waals surface area contributed by atoms with Crippen LogP contribution in [-0.4, -0.2) is 6.04 Å². The number of anilines is 1. The molecular weight excluding hydrogens is 227 g/mol. The van der Waals surface area contributed by atoms with Crippen LogP contribution < -0.4 is 5.32 Å². The summed E-state index contributed by atoms with van der Waals surface area (Å²) >= 11 is 0. The highest BCUT2D eigenvalue weighted by molar-refractivity contribution is 5.50. The van der Waals surface area contributed by atoms with Crippen LogP contribution in [0.2, 0.25) is 0 Å². The van der Waals surface area contributed by atoms with Crippen LogP contribution in [0.25, 0.3) is 0 Å². The van der Waals surface area contributed by atoms with E-state index in [1.807, 2.05) is 6.07 Å². The first-order chi connectivity index (χ1) is 8.58. The Kier molecular flexibility index (Phi) is 3.86. The van der Waals surface area contributed by atoms with E-state index in [1.165, 1.54) is 18.6 Å². The first-order valence-electron chi connectivity index (χ1n) is 6.55. The molecule has 18 heavy (non-hydrogen) atoms. The van der Waals surface area contributed by atoms with Crippen molar-refractivity contribution in [3.8, 4) is 6.07 Å². The summed E-state index contributed by atoms with van der Waals surface area (Å²) in [5, 5.41) is 12.2. The number of hydrogen-bond acceptors (Lipinski definition) is 2. The number of halogens is 1. The van der Waals surface area contributed by atoms with Crippen LogP contribution in [0.15, 0.2) is 18.2 Å². The van der Waals surface area contributed by atoms with Crippen molar-refractivity contribution in [1.29, 1.82) is 5.26 Å². The van der Waals surface area contributed by atoms with Crippen LogP contribution in [-0.2, 0) is 0 Å². The second-order valence-electron chi connectivity index (χ2n) is 5.45. The molecule has 0 spiro atoms. The van der Waals surface area contributed by atoms with Crippen molar-refractivity contribution < 1.29 is 4.39 Å². The number of nitrogens with zero attached hydrogens (tertiary/aromatic N) is 1. The number of benzene rings is 1. The average Bonchev–Trinajstić information content (AvgIpc) is 2.33. The molecule has 1 aromatic carbocycles. The Labute approximate surface area is 108 Å². The Balaban J connectivity index is 2.06. The molecule has 1 aliphatic carbocycles. The molecule has 1 aromatic rings. The molecule has 1 aliphatic rings. The summed E-state index contributed by atoms with van der Waals surface area (Å²) in [5.41, 5.74) is 1.09. The molecule has 3 unspecified atom stereocenters. The molecule has 0 saturated heterocycles. The van der Waals surface area contributed by atoms with Gasteiger partial charge in [-0.25, -0.2) is 4.39 Å². The van der Waals surface area contributed by atoms with Crippen molar-refractivity contribution in [3.05, 3.63) is 29.6 Å². The Morgan fingerprint density at radius 3 is 2.67 bits per heavy atom. The SMILES string of the molecule is CC1CCC(Nc2cc(F)cc(C#N)c2)CC1C. The standard InChI is InChI=1S/C15H19FN2/c1-10-3-4-14(5-11(10)2)18-15-7-12(9-17)6-13(16)8-15/h6-8,10-11,14,18H,3-5H2,1-2H3. The molecule has 0 aliphatic heterocycles. The van der Waals surface area contributed by atoms with E-state index in [-0.39, 0.29) is 5.82 Å². The molecule has 0 radical (unpaired) electrons. The van der Waals surface area contributed by atoms with Crippen molar-refractivity contribution in [1.82, 2.24) is 0 Å². The van der Waals surface area contributed by atoms with Crippen molar-refractivity contribution in [2.24, 2.45) is 11.8 Å². The maximum absolute atomic E-state index is 13.3. The molecule has 3 atom stereocenters. The molecule has 2 rings (SSSR count). The summed E-state index contributed by atoms with van der Waals surface area (Å²) < 4.78 is 13.3. The lowest BCUT2D eigenvalue weighted by atomic mass is 9.79. The van der Waals surface area contributed by atoms with Crippen LogP contribution in [0.1, 0.15) is 38.7 Å².